The van der Waals surface area contributed by atoms with Gasteiger partial charge in [-0.3, -0.25) is 9.89 Å². The summed E-state index contributed by atoms with van der Waals surface area (Å²) in [6.45, 7) is 1.42. The van der Waals surface area contributed by atoms with Gasteiger partial charge in [0.05, 0.1) is 11.9 Å². The number of nitrogens with zero attached hydrogens (tertiary/aromatic N) is 2. The molecule has 2 rings (SSSR count). The number of carbonyl (C=O) groups is 1. The van der Waals surface area contributed by atoms with Crippen molar-refractivity contribution in [3.8, 4) is 0 Å². The maximum atomic E-state index is 11.4. The molecule has 88 valence electrons. The molecule has 2 heterocycles. The van der Waals surface area contributed by atoms with Crippen LogP contribution in [0.1, 0.15) is 12.8 Å². The van der Waals surface area contributed by atoms with Crippen LogP contribution in [0, 0.1) is 0 Å². The van der Waals surface area contributed by atoms with Gasteiger partial charge in [0, 0.05) is 13.2 Å². The molecule has 1 saturated heterocycles. The second kappa shape index (κ2) is 5.86. The van der Waals surface area contributed by atoms with E-state index in [4.69, 9.17) is 4.74 Å². The zero-order valence-corrected chi connectivity index (χ0v) is 9.63. The number of hydrogen-bond donors (Lipinski definition) is 2. The van der Waals surface area contributed by atoms with Gasteiger partial charge in [0.1, 0.15) is 6.33 Å². The molecule has 1 aliphatic rings. The Morgan fingerprint density at radius 1 is 1.75 bits per heavy atom. The minimum Gasteiger partial charge on any atom is -0.376 e. The van der Waals surface area contributed by atoms with Crippen LogP contribution < -0.4 is 5.32 Å². The van der Waals surface area contributed by atoms with Crippen molar-refractivity contribution in [1.82, 2.24) is 20.5 Å². The minimum atomic E-state index is -0.00287. The van der Waals surface area contributed by atoms with E-state index in [0.29, 0.717) is 17.5 Å². The summed E-state index contributed by atoms with van der Waals surface area (Å²) < 4.78 is 5.40. The predicted molar refractivity (Wildman–Crippen MR) is 59.1 cm³/mol. The number of aromatic nitrogens is 3. The van der Waals surface area contributed by atoms with E-state index in [9.17, 15) is 4.79 Å². The highest BCUT2D eigenvalue weighted by atomic mass is 32.2. The molecule has 1 amide bonds. The highest BCUT2D eigenvalue weighted by Crippen LogP contribution is 2.11. The summed E-state index contributed by atoms with van der Waals surface area (Å²) in [6, 6.07) is 0. The number of ether oxygens (including phenoxy) is 1. The fourth-order valence-corrected chi connectivity index (χ4v) is 2.09. The SMILES string of the molecule is O=C(CSc1ncn[nH]1)NCC1CCCO1. The minimum absolute atomic E-state index is 0.00287. The summed E-state index contributed by atoms with van der Waals surface area (Å²) in [5.74, 6) is 0.346. The molecule has 0 bridgehead atoms. The zero-order valence-electron chi connectivity index (χ0n) is 8.81. The number of carbonyl (C=O) groups excluding carboxylic acids is 1. The lowest BCUT2D eigenvalue weighted by molar-refractivity contribution is -0.119. The fourth-order valence-electron chi connectivity index (χ4n) is 1.48. The Morgan fingerprint density at radius 2 is 2.69 bits per heavy atom. The fraction of sp³-hybridized carbons (Fsp3) is 0.667. The summed E-state index contributed by atoms with van der Waals surface area (Å²) in [7, 11) is 0. The van der Waals surface area contributed by atoms with E-state index in [0.717, 1.165) is 19.4 Å². The van der Waals surface area contributed by atoms with Crippen molar-refractivity contribution in [2.45, 2.75) is 24.1 Å². The monoisotopic (exact) mass is 242 g/mol. The number of hydrogen-bond acceptors (Lipinski definition) is 5. The second-order valence-electron chi connectivity index (χ2n) is 3.52. The molecule has 1 aromatic heterocycles. The van der Waals surface area contributed by atoms with Crippen LogP contribution in [0.3, 0.4) is 0 Å². The summed E-state index contributed by atoms with van der Waals surface area (Å²) in [5.41, 5.74) is 0. The summed E-state index contributed by atoms with van der Waals surface area (Å²) >= 11 is 1.34. The van der Waals surface area contributed by atoms with Crippen LogP contribution >= 0.6 is 11.8 Å². The topological polar surface area (TPSA) is 79.9 Å². The molecule has 1 atom stereocenters. The van der Waals surface area contributed by atoms with Crippen molar-refractivity contribution in [2.24, 2.45) is 0 Å². The standard InChI is InChI=1S/C9H14N4O2S/c14-8(5-16-9-11-6-12-13-9)10-4-7-2-1-3-15-7/h6-7H,1-5H2,(H,10,14)(H,11,12,13). The average Bonchev–Trinajstić information content (AvgIpc) is 2.96. The summed E-state index contributed by atoms with van der Waals surface area (Å²) in [4.78, 5) is 15.4. The number of amides is 1. The molecular weight excluding hydrogens is 228 g/mol. The molecule has 0 spiro atoms. The van der Waals surface area contributed by atoms with Gasteiger partial charge < -0.3 is 10.1 Å². The predicted octanol–water partition coefficient (Wildman–Crippen LogP) is 0.192. The van der Waals surface area contributed by atoms with E-state index >= 15 is 0 Å². The van der Waals surface area contributed by atoms with Crippen molar-refractivity contribution >= 4 is 17.7 Å². The lowest BCUT2D eigenvalue weighted by Gasteiger charge is -2.09. The van der Waals surface area contributed by atoms with Crippen LogP contribution in [0.5, 0.6) is 0 Å². The molecule has 0 radical (unpaired) electrons. The van der Waals surface area contributed by atoms with Crippen LogP contribution in [0.15, 0.2) is 11.5 Å². The number of nitrogens with one attached hydrogen (secondary N) is 2. The van der Waals surface area contributed by atoms with Gasteiger partial charge in [-0.2, -0.15) is 5.10 Å². The van der Waals surface area contributed by atoms with Crippen molar-refractivity contribution in [1.29, 1.82) is 0 Å². The van der Waals surface area contributed by atoms with Crippen molar-refractivity contribution in [2.75, 3.05) is 18.9 Å². The number of thioether (sulfide) groups is 1. The third kappa shape index (κ3) is 3.49. The van der Waals surface area contributed by atoms with Crippen LogP contribution in [0.2, 0.25) is 0 Å². The van der Waals surface area contributed by atoms with Crippen molar-refractivity contribution < 1.29 is 9.53 Å². The van der Waals surface area contributed by atoms with Crippen LogP contribution in [-0.2, 0) is 9.53 Å². The summed E-state index contributed by atoms with van der Waals surface area (Å²) in [5, 5.41) is 9.89. The molecular formula is C9H14N4O2S. The first kappa shape index (κ1) is 11.4. The third-order valence-electron chi connectivity index (χ3n) is 2.28. The van der Waals surface area contributed by atoms with Gasteiger partial charge in [0.2, 0.25) is 5.91 Å². The first-order chi connectivity index (χ1) is 7.84. The molecule has 1 unspecified atom stereocenters. The van der Waals surface area contributed by atoms with Gasteiger partial charge in [0.15, 0.2) is 5.16 Å². The second-order valence-corrected chi connectivity index (χ2v) is 4.48. The molecule has 1 aliphatic heterocycles. The van der Waals surface area contributed by atoms with Gasteiger partial charge in [-0.15, -0.1) is 0 Å². The van der Waals surface area contributed by atoms with Crippen molar-refractivity contribution in [3.05, 3.63) is 6.33 Å². The van der Waals surface area contributed by atoms with Crippen LogP contribution in [0.4, 0.5) is 0 Å². The van der Waals surface area contributed by atoms with Gasteiger partial charge in [0.25, 0.3) is 0 Å². The lowest BCUT2D eigenvalue weighted by Crippen LogP contribution is -2.32. The quantitative estimate of drug-likeness (QED) is 0.721. The molecule has 1 fully saturated rings. The number of H-pyrrole nitrogens is 1. The molecule has 1 aromatic rings. The Balaban J connectivity index is 1.60. The number of rotatable bonds is 5. The highest BCUT2D eigenvalue weighted by molar-refractivity contribution is 7.99. The maximum absolute atomic E-state index is 11.4. The number of aromatic amines is 1. The van der Waals surface area contributed by atoms with E-state index in [1.54, 1.807) is 0 Å². The third-order valence-corrected chi connectivity index (χ3v) is 3.16. The van der Waals surface area contributed by atoms with Gasteiger partial charge in [-0.1, -0.05) is 11.8 Å². The zero-order chi connectivity index (χ0) is 11.2. The first-order valence-electron chi connectivity index (χ1n) is 5.21. The Hall–Kier alpha value is -1.08. The first-order valence-corrected chi connectivity index (χ1v) is 6.19. The Kier molecular flexibility index (Phi) is 4.17. The largest absolute Gasteiger partial charge is 0.376 e. The van der Waals surface area contributed by atoms with Crippen LogP contribution in [0.25, 0.3) is 0 Å². The normalized spacial score (nSPS) is 19.9. The summed E-state index contributed by atoms with van der Waals surface area (Å²) in [6.07, 6.45) is 3.74. The van der Waals surface area contributed by atoms with Gasteiger partial charge >= 0.3 is 0 Å². The molecule has 0 saturated carbocycles. The van der Waals surface area contributed by atoms with E-state index in [1.165, 1.54) is 18.1 Å². The van der Waals surface area contributed by atoms with Crippen molar-refractivity contribution in [3.63, 3.8) is 0 Å². The molecule has 16 heavy (non-hydrogen) atoms. The maximum Gasteiger partial charge on any atom is 0.230 e. The molecule has 7 heteroatoms. The lowest BCUT2D eigenvalue weighted by atomic mass is 10.2. The highest BCUT2D eigenvalue weighted by Gasteiger charge is 2.16. The van der Waals surface area contributed by atoms with Gasteiger partial charge in [-0.05, 0) is 12.8 Å². The van der Waals surface area contributed by atoms with Crippen LogP contribution in [-0.4, -0.2) is 46.1 Å². The Morgan fingerprint density at radius 3 is 3.38 bits per heavy atom. The van der Waals surface area contributed by atoms with E-state index < -0.39 is 0 Å². The molecule has 2 N–H and O–H groups in total. The molecule has 0 aromatic carbocycles. The Bertz CT molecular complexity index is 324. The molecule has 6 nitrogen and oxygen atoms in total. The van der Waals surface area contributed by atoms with E-state index in [2.05, 4.69) is 20.5 Å². The van der Waals surface area contributed by atoms with E-state index in [1.807, 2.05) is 0 Å². The van der Waals surface area contributed by atoms with E-state index in [-0.39, 0.29) is 12.0 Å². The Labute approximate surface area is 97.5 Å². The van der Waals surface area contributed by atoms with Gasteiger partial charge in [-0.25, -0.2) is 4.98 Å². The average molecular weight is 242 g/mol. The smallest absolute Gasteiger partial charge is 0.230 e. The molecule has 0 aliphatic carbocycles.